The van der Waals surface area contributed by atoms with Crippen molar-refractivity contribution in [2.45, 2.75) is 82.8 Å². The molecular weight excluding hydrogens is 304 g/mol. The smallest absolute Gasteiger partial charge is 0.320 e. The number of aryl methyl sites for hydroxylation is 1. The summed E-state index contributed by atoms with van der Waals surface area (Å²) in [5.41, 5.74) is 0.177. The van der Waals surface area contributed by atoms with Crippen molar-refractivity contribution in [1.29, 1.82) is 0 Å². The van der Waals surface area contributed by atoms with Crippen molar-refractivity contribution < 1.29 is 9.90 Å². The monoisotopic (exact) mass is 334 g/mol. The van der Waals surface area contributed by atoms with Crippen LogP contribution in [-0.2, 0) is 0 Å². The third kappa shape index (κ3) is 4.29. The van der Waals surface area contributed by atoms with E-state index in [4.69, 9.17) is 0 Å². The summed E-state index contributed by atoms with van der Waals surface area (Å²) in [5, 5.41) is 20.8. The molecular formula is C18H30N4O2. The Hall–Kier alpha value is -1.56. The van der Waals surface area contributed by atoms with E-state index in [1.165, 1.54) is 25.7 Å². The Kier molecular flexibility index (Phi) is 5.43. The van der Waals surface area contributed by atoms with Crippen molar-refractivity contribution in [3.05, 3.63) is 11.8 Å². The Bertz CT molecular complexity index is 557. The molecule has 0 spiro atoms. The number of hydrogen-bond donors (Lipinski definition) is 3. The van der Waals surface area contributed by atoms with E-state index in [9.17, 15) is 9.90 Å². The number of nitrogens with one attached hydrogen (secondary N) is 2. The Labute approximate surface area is 144 Å². The third-order valence-electron chi connectivity index (χ3n) is 5.38. The number of rotatable bonds is 4. The number of nitrogens with zero attached hydrogens (tertiary/aromatic N) is 2. The van der Waals surface area contributed by atoms with Crippen LogP contribution in [0.5, 0.6) is 0 Å². The molecule has 1 aromatic heterocycles. The second-order valence-electron chi connectivity index (χ2n) is 7.50. The lowest BCUT2D eigenvalue weighted by molar-refractivity contribution is 0.00754. The van der Waals surface area contributed by atoms with Gasteiger partial charge in [-0.25, -0.2) is 9.48 Å². The van der Waals surface area contributed by atoms with Crippen LogP contribution < -0.4 is 10.6 Å². The van der Waals surface area contributed by atoms with Crippen LogP contribution in [0.1, 0.15) is 75.9 Å². The molecule has 0 saturated heterocycles. The minimum absolute atomic E-state index is 0.258. The van der Waals surface area contributed by atoms with Gasteiger partial charge in [0.15, 0.2) is 0 Å². The maximum Gasteiger partial charge on any atom is 0.320 e. The molecule has 0 aliphatic heterocycles. The van der Waals surface area contributed by atoms with Gasteiger partial charge in [0.05, 0.1) is 17.3 Å². The van der Waals surface area contributed by atoms with Gasteiger partial charge in [-0.3, -0.25) is 5.32 Å². The first-order valence-electron chi connectivity index (χ1n) is 9.39. The van der Waals surface area contributed by atoms with Crippen LogP contribution in [0.3, 0.4) is 0 Å². The zero-order valence-electron chi connectivity index (χ0n) is 14.7. The topological polar surface area (TPSA) is 79.2 Å². The fourth-order valence-corrected chi connectivity index (χ4v) is 4.01. The highest BCUT2D eigenvalue weighted by atomic mass is 16.3. The normalized spacial score (nSPS) is 21.4. The zero-order valence-corrected chi connectivity index (χ0v) is 14.7. The first-order valence-corrected chi connectivity index (χ1v) is 9.39. The number of urea groups is 1. The van der Waals surface area contributed by atoms with Crippen LogP contribution in [0.4, 0.5) is 10.6 Å². The van der Waals surface area contributed by atoms with E-state index in [0.717, 1.165) is 50.0 Å². The molecule has 0 radical (unpaired) electrons. The van der Waals surface area contributed by atoms with Crippen LogP contribution in [0.2, 0.25) is 0 Å². The summed E-state index contributed by atoms with van der Waals surface area (Å²) in [6.07, 6.45) is 10.8. The molecule has 1 heterocycles. The van der Waals surface area contributed by atoms with Crippen LogP contribution >= 0.6 is 0 Å². The van der Waals surface area contributed by atoms with Gasteiger partial charge < -0.3 is 10.4 Å². The number of aromatic nitrogens is 2. The molecule has 3 rings (SSSR count). The predicted molar refractivity (Wildman–Crippen MR) is 94.1 cm³/mol. The number of anilines is 1. The number of hydrogen-bond acceptors (Lipinski definition) is 3. The van der Waals surface area contributed by atoms with Gasteiger partial charge in [0.2, 0.25) is 0 Å². The van der Waals surface area contributed by atoms with Crippen molar-refractivity contribution in [3.63, 3.8) is 0 Å². The van der Waals surface area contributed by atoms with Crippen LogP contribution in [0.15, 0.2) is 6.07 Å². The standard InChI is InChI=1S/C18H30N4O2/c1-14-12-16(22(21-14)15-8-4-2-5-9-15)20-17(23)19-13-18(24)10-6-3-7-11-18/h12,15,24H,2-11,13H2,1H3,(H2,19,20,23). The third-order valence-corrected chi connectivity index (χ3v) is 5.38. The number of carbonyl (C=O) groups excluding carboxylic acids is 1. The average Bonchev–Trinajstić information content (AvgIpc) is 2.95. The van der Waals surface area contributed by atoms with Crippen molar-refractivity contribution in [2.75, 3.05) is 11.9 Å². The van der Waals surface area contributed by atoms with Gasteiger partial charge in [0.1, 0.15) is 5.82 Å². The molecule has 0 aromatic carbocycles. The summed E-state index contributed by atoms with van der Waals surface area (Å²) < 4.78 is 1.98. The van der Waals surface area contributed by atoms with E-state index in [1.54, 1.807) is 0 Å². The maximum atomic E-state index is 12.3. The fraction of sp³-hybridized carbons (Fsp3) is 0.778. The van der Waals surface area contributed by atoms with E-state index in [-0.39, 0.29) is 6.03 Å². The van der Waals surface area contributed by atoms with Crippen molar-refractivity contribution in [2.24, 2.45) is 0 Å². The first kappa shape index (κ1) is 17.3. The quantitative estimate of drug-likeness (QED) is 0.788. The lowest BCUT2D eigenvalue weighted by Crippen LogP contribution is -2.45. The van der Waals surface area contributed by atoms with Gasteiger partial charge in [-0.15, -0.1) is 0 Å². The van der Waals surface area contributed by atoms with Gasteiger partial charge in [0.25, 0.3) is 0 Å². The van der Waals surface area contributed by atoms with Crippen molar-refractivity contribution in [3.8, 4) is 0 Å². The molecule has 6 nitrogen and oxygen atoms in total. The first-order chi connectivity index (χ1) is 11.6. The van der Waals surface area contributed by atoms with E-state index in [1.807, 2.05) is 17.7 Å². The second kappa shape index (κ2) is 7.55. The molecule has 6 heteroatoms. The van der Waals surface area contributed by atoms with E-state index in [0.29, 0.717) is 12.6 Å². The molecule has 24 heavy (non-hydrogen) atoms. The molecule has 1 aromatic rings. The molecule has 2 aliphatic rings. The lowest BCUT2D eigenvalue weighted by Gasteiger charge is -2.32. The molecule has 2 fully saturated rings. The van der Waals surface area contributed by atoms with Crippen LogP contribution in [0.25, 0.3) is 0 Å². The Morgan fingerprint density at radius 1 is 1.25 bits per heavy atom. The highest BCUT2D eigenvalue weighted by Crippen LogP contribution is 2.31. The average molecular weight is 334 g/mol. The minimum atomic E-state index is -0.741. The number of amides is 2. The number of aliphatic hydroxyl groups is 1. The van der Waals surface area contributed by atoms with Gasteiger partial charge in [-0.2, -0.15) is 5.10 Å². The van der Waals surface area contributed by atoms with Gasteiger partial charge in [-0.05, 0) is 32.6 Å². The van der Waals surface area contributed by atoms with E-state index < -0.39 is 5.60 Å². The molecule has 2 amide bonds. The van der Waals surface area contributed by atoms with Gasteiger partial charge in [-0.1, -0.05) is 38.5 Å². The molecule has 0 atom stereocenters. The highest BCUT2D eigenvalue weighted by molar-refractivity contribution is 5.88. The van der Waals surface area contributed by atoms with Gasteiger partial charge in [0, 0.05) is 12.6 Å². The Balaban J connectivity index is 1.57. The molecule has 0 unspecified atom stereocenters. The van der Waals surface area contributed by atoms with Crippen LogP contribution in [0, 0.1) is 6.92 Å². The summed E-state index contributed by atoms with van der Waals surface area (Å²) in [5.74, 6) is 0.757. The highest BCUT2D eigenvalue weighted by Gasteiger charge is 2.29. The molecule has 134 valence electrons. The molecule has 0 bridgehead atoms. The van der Waals surface area contributed by atoms with Gasteiger partial charge >= 0.3 is 6.03 Å². The fourth-order valence-electron chi connectivity index (χ4n) is 4.01. The largest absolute Gasteiger partial charge is 0.388 e. The predicted octanol–water partition coefficient (Wildman–Crippen LogP) is 3.51. The SMILES string of the molecule is Cc1cc(NC(=O)NCC2(O)CCCCC2)n(C2CCCCC2)n1. The molecule has 2 saturated carbocycles. The summed E-state index contributed by atoms with van der Waals surface area (Å²) in [6, 6.07) is 2.04. The van der Waals surface area contributed by atoms with Crippen molar-refractivity contribution in [1.82, 2.24) is 15.1 Å². The van der Waals surface area contributed by atoms with E-state index in [2.05, 4.69) is 15.7 Å². The minimum Gasteiger partial charge on any atom is -0.388 e. The molecule has 3 N–H and O–H groups in total. The summed E-state index contributed by atoms with van der Waals surface area (Å²) in [6.45, 7) is 2.27. The van der Waals surface area contributed by atoms with E-state index >= 15 is 0 Å². The van der Waals surface area contributed by atoms with Crippen molar-refractivity contribution >= 4 is 11.8 Å². The summed E-state index contributed by atoms with van der Waals surface area (Å²) in [7, 11) is 0. The molecule has 2 aliphatic carbocycles. The summed E-state index contributed by atoms with van der Waals surface area (Å²) >= 11 is 0. The second-order valence-corrected chi connectivity index (χ2v) is 7.50. The maximum absolute atomic E-state index is 12.3. The van der Waals surface area contributed by atoms with Crippen LogP contribution in [-0.4, -0.2) is 33.1 Å². The Morgan fingerprint density at radius 3 is 2.62 bits per heavy atom. The lowest BCUT2D eigenvalue weighted by atomic mass is 9.85. The zero-order chi connectivity index (χ0) is 17.0. The number of carbonyl (C=O) groups is 1. The summed E-state index contributed by atoms with van der Waals surface area (Å²) in [4.78, 5) is 12.3. The Morgan fingerprint density at radius 2 is 1.92 bits per heavy atom.